The maximum absolute atomic E-state index is 12.4. The molecule has 20 heavy (non-hydrogen) atoms. The molecule has 0 saturated carbocycles. The fourth-order valence-electron chi connectivity index (χ4n) is 2.43. The number of hydrogen-bond acceptors (Lipinski definition) is 4. The smallest absolute Gasteiger partial charge is 0.277 e. The first kappa shape index (κ1) is 17.4. The molecule has 1 heterocycles. The van der Waals surface area contributed by atoms with Gasteiger partial charge in [0.25, 0.3) is 10.2 Å². The topological polar surface area (TPSA) is 110 Å². The van der Waals surface area contributed by atoms with Crippen LogP contribution in [-0.2, 0) is 15.0 Å². The molecule has 1 atom stereocenters. The number of amides is 1. The first-order valence-electron chi connectivity index (χ1n) is 6.81. The van der Waals surface area contributed by atoms with Crippen molar-refractivity contribution in [2.75, 3.05) is 32.7 Å². The molecular formula is C12H26N4O3S. The van der Waals surface area contributed by atoms with Crippen LogP contribution >= 0.6 is 0 Å². The summed E-state index contributed by atoms with van der Waals surface area (Å²) in [4.78, 5) is 14.1. The Bertz CT molecular complexity index is 436. The second-order valence-corrected chi connectivity index (χ2v) is 8.01. The van der Waals surface area contributed by atoms with Crippen molar-refractivity contribution in [1.82, 2.24) is 9.21 Å². The summed E-state index contributed by atoms with van der Waals surface area (Å²) < 4.78 is 23.6. The number of carbonyl (C=O) groups excluding carboxylic acids is 1. The number of nitrogens with two attached hydrogens (primary N) is 2. The number of nitrogens with zero attached hydrogens (tertiary/aromatic N) is 2. The Balaban J connectivity index is 2.61. The van der Waals surface area contributed by atoms with E-state index >= 15 is 0 Å². The maximum atomic E-state index is 12.4. The van der Waals surface area contributed by atoms with Crippen molar-refractivity contribution in [2.45, 2.75) is 27.2 Å². The van der Waals surface area contributed by atoms with Gasteiger partial charge in [0.1, 0.15) is 0 Å². The van der Waals surface area contributed by atoms with E-state index in [1.54, 1.807) is 4.90 Å². The Kier molecular flexibility index (Phi) is 5.54. The summed E-state index contributed by atoms with van der Waals surface area (Å²) in [5, 5.41) is 5.08. The van der Waals surface area contributed by atoms with Crippen LogP contribution in [0.2, 0.25) is 0 Å². The molecule has 1 fully saturated rings. The van der Waals surface area contributed by atoms with Crippen molar-refractivity contribution < 1.29 is 13.2 Å². The summed E-state index contributed by atoms with van der Waals surface area (Å²) >= 11 is 0. The van der Waals surface area contributed by atoms with Crippen molar-refractivity contribution >= 4 is 16.1 Å². The summed E-state index contributed by atoms with van der Waals surface area (Å²) in [7, 11) is -3.66. The van der Waals surface area contributed by atoms with Gasteiger partial charge < -0.3 is 10.6 Å². The van der Waals surface area contributed by atoms with Crippen LogP contribution in [0, 0.1) is 11.3 Å². The fraction of sp³-hybridized carbons (Fsp3) is 0.917. The molecule has 118 valence electrons. The Morgan fingerprint density at radius 3 is 2.05 bits per heavy atom. The van der Waals surface area contributed by atoms with Gasteiger partial charge in [0.15, 0.2) is 0 Å². The third-order valence-corrected chi connectivity index (χ3v) is 4.49. The molecule has 1 aliphatic heterocycles. The molecule has 4 N–H and O–H groups in total. The van der Waals surface area contributed by atoms with Gasteiger partial charge in [-0.1, -0.05) is 20.8 Å². The molecule has 1 saturated heterocycles. The van der Waals surface area contributed by atoms with Crippen molar-refractivity contribution in [3.63, 3.8) is 0 Å². The lowest BCUT2D eigenvalue weighted by Crippen LogP contribution is -2.54. The van der Waals surface area contributed by atoms with Gasteiger partial charge >= 0.3 is 0 Å². The Morgan fingerprint density at radius 1 is 1.20 bits per heavy atom. The third-order valence-electron chi connectivity index (χ3n) is 3.40. The number of carbonyl (C=O) groups is 1. The Hall–Kier alpha value is -0.700. The SMILES string of the molecule is CC(C)(C)CC(CN)C(=O)N1CCN(S(N)(=O)=O)CC1. The molecule has 7 nitrogen and oxygen atoms in total. The molecule has 1 aliphatic rings. The first-order valence-corrected chi connectivity index (χ1v) is 8.31. The van der Waals surface area contributed by atoms with Crippen LogP contribution in [0.1, 0.15) is 27.2 Å². The molecule has 0 aromatic heterocycles. The normalized spacial score (nSPS) is 19.9. The van der Waals surface area contributed by atoms with E-state index in [1.807, 2.05) is 0 Å². The number of rotatable bonds is 4. The van der Waals surface area contributed by atoms with E-state index in [0.29, 0.717) is 19.6 Å². The highest BCUT2D eigenvalue weighted by Gasteiger charge is 2.31. The minimum atomic E-state index is -3.66. The van der Waals surface area contributed by atoms with Crippen molar-refractivity contribution in [1.29, 1.82) is 0 Å². The van der Waals surface area contributed by atoms with E-state index in [4.69, 9.17) is 10.9 Å². The minimum Gasteiger partial charge on any atom is -0.340 e. The molecule has 1 amide bonds. The Labute approximate surface area is 121 Å². The van der Waals surface area contributed by atoms with Crippen LogP contribution in [0.4, 0.5) is 0 Å². The van der Waals surface area contributed by atoms with E-state index in [-0.39, 0.29) is 30.3 Å². The molecule has 1 unspecified atom stereocenters. The fourth-order valence-corrected chi connectivity index (χ4v) is 3.10. The molecule has 0 aromatic rings. The summed E-state index contributed by atoms with van der Waals surface area (Å²) in [6.45, 7) is 7.76. The monoisotopic (exact) mass is 306 g/mol. The van der Waals surface area contributed by atoms with E-state index < -0.39 is 10.2 Å². The highest BCUT2D eigenvalue weighted by atomic mass is 32.2. The molecule has 0 spiro atoms. The van der Waals surface area contributed by atoms with Gasteiger partial charge in [-0.2, -0.15) is 12.7 Å². The largest absolute Gasteiger partial charge is 0.340 e. The predicted molar refractivity (Wildman–Crippen MR) is 77.9 cm³/mol. The highest BCUT2D eigenvalue weighted by molar-refractivity contribution is 7.86. The van der Waals surface area contributed by atoms with Crippen LogP contribution < -0.4 is 10.9 Å². The number of piperazine rings is 1. The predicted octanol–water partition coefficient (Wildman–Crippen LogP) is -0.655. The van der Waals surface area contributed by atoms with Gasteiger partial charge in [-0.05, 0) is 11.8 Å². The molecule has 0 bridgehead atoms. The van der Waals surface area contributed by atoms with Crippen LogP contribution in [0.5, 0.6) is 0 Å². The van der Waals surface area contributed by atoms with Crippen LogP contribution in [-0.4, -0.2) is 56.3 Å². The summed E-state index contributed by atoms with van der Waals surface area (Å²) in [6, 6.07) is 0. The van der Waals surface area contributed by atoms with Crippen molar-refractivity contribution in [3.05, 3.63) is 0 Å². The van der Waals surface area contributed by atoms with Gasteiger partial charge in [0.05, 0.1) is 5.92 Å². The van der Waals surface area contributed by atoms with E-state index in [0.717, 1.165) is 6.42 Å². The zero-order valence-corrected chi connectivity index (χ0v) is 13.3. The quantitative estimate of drug-likeness (QED) is 0.718. The zero-order valence-electron chi connectivity index (χ0n) is 12.5. The van der Waals surface area contributed by atoms with Crippen LogP contribution in [0.15, 0.2) is 0 Å². The average molecular weight is 306 g/mol. The molecular weight excluding hydrogens is 280 g/mol. The van der Waals surface area contributed by atoms with Gasteiger partial charge in [0.2, 0.25) is 5.91 Å². The van der Waals surface area contributed by atoms with Crippen molar-refractivity contribution in [2.24, 2.45) is 22.2 Å². The summed E-state index contributed by atoms with van der Waals surface area (Å²) in [5.74, 6) is -0.201. The second kappa shape index (κ2) is 6.38. The lowest BCUT2D eigenvalue weighted by Gasteiger charge is -2.36. The maximum Gasteiger partial charge on any atom is 0.277 e. The van der Waals surface area contributed by atoms with Gasteiger partial charge in [-0.15, -0.1) is 0 Å². The Morgan fingerprint density at radius 2 is 1.70 bits per heavy atom. The third kappa shape index (κ3) is 5.01. The second-order valence-electron chi connectivity index (χ2n) is 6.47. The summed E-state index contributed by atoms with van der Waals surface area (Å²) in [5.41, 5.74) is 5.74. The standard InChI is InChI=1S/C12H26N4O3S/c1-12(2,3)8-10(9-13)11(17)15-4-6-16(7-5-15)20(14,18)19/h10H,4-9,13H2,1-3H3,(H2,14,18,19). The first-order chi connectivity index (χ1) is 9.04. The number of hydrogen-bond donors (Lipinski definition) is 2. The molecule has 1 rings (SSSR count). The molecule has 0 aromatic carbocycles. The van der Waals surface area contributed by atoms with Crippen molar-refractivity contribution in [3.8, 4) is 0 Å². The van der Waals surface area contributed by atoms with E-state index in [1.165, 1.54) is 4.31 Å². The minimum absolute atomic E-state index is 0.0106. The molecule has 0 radical (unpaired) electrons. The highest BCUT2D eigenvalue weighted by Crippen LogP contribution is 2.25. The summed E-state index contributed by atoms with van der Waals surface area (Å²) in [6.07, 6.45) is 0.720. The van der Waals surface area contributed by atoms with Crippen LogP contribution in [0.25, 0.3) is 0 Å². The zero-order chi connectivity index (χ0) is 15.6. The van der Waals surface area contributed by atoms with Gasteiger partial charge in [-0.25, -0.2) is 5.14 Å². The lowest BCUT2D eigenvalue weighted by molar-refractivity contribution is -0.137. The van der Waals surface area contributed by atoms with Gasteiger partial charge in [-0.3, -0.25) is 4.79 Å². The molecule has 0 aliphatic carbocycles. The lowest BCUT2D eigenvalue weighted by atomic mass is 9.84. The van der Waals surface area contributed by atoms with Gasteiger partial charge in [0, 0.05) is 32.7 Å². The van der Waals surface area contributed by atoms with E-state index in [2.05, 4.69) is 20.8 Å². The van der Waals surface area contributed by atoms with Crippen LogP contribution in [0.3, 0.4) is 0 Å². The van der Waals surface area contributed by atoms with E-state index in [9.17, 15) is 13.2 Å². The molecule has 8 heteroatoms. The average Bonchev–Trinajstić information content (AvgIpc) is 2.33.